The number of carbonyl (C=O) groups is 1. The number of rotatable bonds is 2. The molecule has 1 atom stereocenters. The molecule has 19 heavy (non-hydrogen) atoms. The van der Waals surface area contributed by atoms with Gasteiger partial charge in [-0.05, 0) is 30.4 Å². The van der Waals surface area contributed by atoms with Gasteiger partial charge in [0.25, 0.3) is 0 Å². The fourth-order valence-electron chi connectivity index (χ4n) is 3.00. The van der Waals surface area contributed by atoms with Crippen LogP contribution in [0.2, 0.25) is 0 Å². The standard InChI is InChI=1S/C16H20N2O/c1-16(2)10-6-8-13(16)15(19)18(3)14-9-5-4-7-12(14)11-17/h4-5,7,9,13H,6,8,10H2,1-3H3. The molecule has 0 bridgehead atoms. The minimum atomic E-state index is 0.0595. The number of nitriles is 1. The lowest BCUT2D eigenvalue weighted by Crippen LogP contribution is -2.38. The molecule has 0 heterocycles. The molecule has 3 heteroatoms. The maximum absolute atomic E-state index is 12.6. The molecule has 0 saturated heterocycles. The smallest absolute Gasteiger partial charge is 0.230 e. The van der Waals surface area contributed by atoms with Crippen molar-refractivity contribution in [3.05, 3.63) is 29.8 Å². The quantitative estimate of drug-likeness (QED) is 0.814. The molecule has 1 aliphatic carbocycles. The van der Waals surface area contributed by atoms with E-state index in [9.17, 15) is 4.79 Å². The Morgan fingerprint density at radius 2 is 2.11 bits per heavy atom. The topological polar surface area (TPSA) is 44.1 Å². The monoisotopic (exact) mass is 256 g/mol. The van der Waals surface area contributed by atoms with Crippen molar-refractivity contribution < 1.29 is 4.79 Å². The molecule has 0 radical (unpaired) electrons. The summed E-state index contributed by atoms with van der Waals surface area (Å²) in [4.78, 5) is 14.3. The van der Waals surface area contributed by atoms with Crippen molar-refractivity contribution in [1.82, 2.24) is 0 Å². The van der Waals surface area contributed by atoms with E-state index in [2.05, 4.69) is 19.9 Å². The number of carbonyl (C=O) groups excluding carboxylic acids is 1. The predicted molar refractivity (Wildman–Crippen MR) is 75.7 cm³/mol. The van der Waals surface area contributed by atoms with Crippen molar-refractivity contribution in [2.24, 2.45) is 11.3 Å². The van der Waals surface area contributed by atoms with Crippen LogP contribution in [0.1, 0.15) is 38.7 Å². The van der Waals surface area contributed by atoms with Crippen molar-refractivity contribution in [3.8, 4) is 6.07 Å². The number of anilines is 1. The van der Waals surface area contributed by atoms with Gasteiger partial charge in [-0.3, -0.25) is 4.79 Å². The Balaban J connectivity index is 2.27. The second-order valence-corrected chi connectivity index (χ2v) is 5.96. The van der Waals surface area contributed by atoms with Gasteiger partial charge in [0, 0.05) is 13.0 Å². The first-order valence-electron chi connectivity index (χ1n) is 6.74. The summed E-state index contributed by atoms with van der Waals surface area (Å²) in [5.74, 6) is 0.189. The molecule has 3 nitrogen and oxygen atoms in total. The van der Waals surface area contributed by atoms with Crippen molar-refractivity contribution >= 4 is 11.6 Å². The number of para-hydroxylation sites is 1. The highest BCUT2D eigenvalue weighted by molar-refractivity contribution is 5.96. The van der Waals surface area contributed by atoms with Gasteiger partial charge >= 0.3 is 0 Å². The van der Waals surface area contributed by atoms with Gasteiger partial charge in [0.05, 0.1) is 11.3 Å². The summed E-state index contributed by atoms with van der Waals surface area (Å²) in [5, 5.41) is 9.13. The molecule has 0 aromatic heterocycles. The predicted octanol–water partition coefficient (Wildman–Crippen LogP) is 3.35. The van der Waals surface area contributed by atoms with Gasteiger partial charge in [-0.2, -0.15) is 5.26 Å². The molecule has 0 N–H and O–H groups in total. The van der Waals surface area contributed by atoms with Crippen molar-refractivity contribution in [3.63, 3.8) is 0 Å². The highest BCUT2D eigenvalue weighted by Gasteiger charge is 2.40. The first-order valence-corrected chi connectivity index (χ1v) is 6.74. The fraction of sp³-hybridized carbons (Fsp3) is 0.500. The van der Waals surface area contributed by atoms with Crippen molar-refractivity contribution in [2.75, 3.05) is 11.9 Å². The van der Waals surface area contributed by atoms with E-state index in [4.69, 9.17) is 5.26 Å². The zero-order valence-corrected chi connectivity index (χ0v) is 11.8. The average molecular weight is 256 g/mol. The Bertz CT molecular complexity index is 528. The fourth-order valence-corrected chi connectivity index (χ4v) is 3.00. The molecule has 1 aliphatic rings. The summed E-state index contributed by atoms with van der Waals surface area (Å²) in [6, 6.07) is 9.41. The van der Waals surface area contributed by atoms with Crippen LogP contribution in [-0.2, 0) is 4.79 Å². The number of hydrogen-bond acceptors (Lipinski definition) is 2. The minimum Gasteiger partial charge on any atom is -0.314 e. The Hall–Kier alpha value is -1.82. The highest BCUT2D eigenvalue weighted by Crippen LogP contribution is 2.43. The van der Waals surface area contributed by atoms with E-state index in [1.807, 2.05) is 18.2 Å². The van der Waals surface area contributed by atoms with Gasteiger partial charge in [-0.1, -0.05) is 32.4 Å². The zero-order valence-electron chi connectivity index (χ0n) is 11.8. The van der Waals surface area contributed by atoms with Crippen molar-refractivity contribution in [2.45, 2.75) is 33.1 Å². The van der Waals surface area contributed by atoms with Gasteiger partial charge in [-0.15, -0.1) is 0 Å². The summed E-state index contributed by atoms with van der Waals surface area (Å²) in [7, 11) is 1.77. The third-order valence-electron chi connectivity index (χ3n) is 4.27. The van der Waals surface area contributed by atoms with Gasteiger partial charge in [-0.25, -0.2) is 0 Å². The van der Waals surface area contributed by atoms with Crippen molar-refractivity contribution in [1.29, 1.82) is 5.26 Å². The number of benzene rings is 1. The van der Waals surface area contributed by atoms with E-state index in [1.165, 1.54) is 0 Å². The summed E-state index contributed by atoms with van der Waals surface area (Å²) in [5.41, 5.74) is 1.32. The first kappa shape index (κ1) is 13.6. The van der Waals surface area contributed by atoms with Gasteiger partial charge in [0.1, 0.15) is 6.07 Å². The summed E-state index contributed by atoms with van der Waals surface area (Å²) in [6.07, 6.45) is 3.15. The summed E-state index contributed by atoms with van der Waals surface area (Å²) in [6.45, 7) is 4.32. The number of amides is 1. The molecule has 1 fully saturated rings. The lowest BCUT2D eigenvalue weighted by Gasteiger charge is -2.30. The molecule has 1 unspecified atom stereocenters. The van der Waals surface area contributed by atoms with Crippen LogP contribution in [-0.4, -0.2) is 13.0 Å². The summed E-state index contributed by atoms with van der Waals surface area (Å²) < 4.78 is 0. The Morgan fingerprint density at radius 1 is 1.42 bits per heavy atom. The summed E-state index contributed by atoms with van der Waals surface area (Å²) >= 11 is 0. The van der Waals surface area contributed by atoms with Crippen LogP contribution >= 0.6 is 0 Å². The van der Waals surface area contributed by atoms with Gasteiger partial charge in [0.2, 0.25) is 5.91 Å². The second kappa shape index (κ2) is 5.05. The Kier molecular flexibility index (Phi) is 3.61. The highest BCUT2D eigenvalue weighted by atomic mass is 16.2. The van der Waals surface area contributed by atoms with Gasteiger partial charge in [0.15, 0.2) is 0 Å². The van der Waals surface area contributed by atoms with Crippen LogP contribution in [0.25, 0.3) is 0 Å². The maximum atomic E-state index is 12.6. The third-order valence-corrected chi connectivity index (χ3v) is 4.27. The van der Waals surface area contributed by atoms with E-state index >= 15 is 0 Å². The largest absolute Gasteiger partial charge is 0.314 e. The SMILES string of the molecule is CN(C(=O)C1CCCC1(C)C)c1ccccc1C#N. The number of hydrogen-bond donors (Lipinski definition) is 0. The van der Waals surface area contributed by atoms with Crippen LogP contribution in [0.15, 0.2) is 24.3 Å². The Labute approximate surface area is 114 Å². The molecule has 0 aliphatic heterocycles. The molecule has 1 saturated carbocycles. The van der Waals surface area contributed by atoms with E-state index in [1.54, 1.807) is 18.0 Å². The van der Waals surface area contributed by atoms with Crippen LogP contribution in [0, 0.1) is 22.7 Å². The molecule has 1 aromatic carbocycles. The first-order chi connectivity index (χ1) is 8.97. The van der Waals surface area contributed by atoms with E-state index in [-0.39, 0.29) is 17.2 Å². The molecule has 2 rings (SSSR count). The van der Waals surface area contributed by atoms with Crippen LogP contribution in [0.5, 0.6) is 0 Å². The van der Waals surface area contributed by atoms with E-state index < -0.39 is 0 Å². The van der Waals surface area contributed by atoms with Crippen LogP contribution in [0.4, 0.5) is 5.69 Å². The Morgan fingerprint density at radius 3 is 2.68 bits per heavy atom. The van der Waals surface area contributed by atoms with E-state index in [0.717, 1.165) is 19.3 Å². The molecular weight excluding hydrogens is 236 g/mol. The van der Waals surface area contributed by atoms with Gasteiger partial charge < -0.3 is 4.90 Å². The second-order valence-electron chi connectivity index (χ2n) is 5.96. The molecular formula is C16H20N2O. The van der Waals surface area contributed by atoms with Crippen LogP contribution in [0.3, 0.4) is 0 Å². The number of nitrogens with zero attached hydrogens (tertiary/aromatic N) is 2. The average Bonchev–Trinajstić information content (AvgIpc) is 2.76. The molecule has 100 valence electrons. The molecule has 0 spiro atoms. The third kappa shape index (κ3) is 2.49. The lowest BCUT2D eigenvalue weighted by molar-refractivity contribution is -0.124. The normalized spacial score (nSPS) is 20.8. The minimum absolute atomic E-state index is 0.0595. The van der Waals surface area contributed by atoms with E-state index in [0.29, 0.717) is 11.3 Å². The molecule has 1 amide bonds. The lowest BCUT2D eigenvalue weighted by atomic mass is 9.81. The molecule has 1 aromatic rings. The zero-order chi connectivity index (χ0) is 14.0. The maximum Gasteiger partial charge on any atom is 0.230 e. The van der Waals surface area contributed by atoms with Crippen LogP contribution < -0.4 is 4.90 Å².